The zero-order chi connectivity index (χ0) is 16.5. The first-order valence-corrected chi connectivity index (χ1v) is 7.89. The quantitative estimate of drug-likeness (QED) is 0.781. The van der Waals surface area contributed by atoms with Gasteiger partial charge in [-0.05, 0) is 29.7 Å². The molecule has 0 atom stereocenters. The minimum atomic E-state index is -0.0518. The van der Waals surface area contributed by atoms with Gasteiger partial charge in [0.15, 0.2) is 0 Å². The summed E-state index contributed by atoms with van der Waals surface area (Å²) in [4.78, 5) is 11.8. The van der Waals surface area contributed by atoms with Crippen LogP contribution in [-0.2, 0) is 17.8 Å². The maximum atomic E-state index is 11.8. The maximum absolute atomic E-state index is 11.8. The first-order chi connectivity index (χ1) is 11.2. The van der Waals surface area contributed by atoms with Crippen molar-refractivity contribution in [3.8, 4) is 5.75 Å². The summed E-state index contributed by atoms with van der Waals surface area (Å²) in [5.41, 5.74) is 2.00. The largest absolute Gasteiger partial charge is 0.491 e. The SMILES string of the molecule is O=C(CCOc1ccccc1Cl)NCCc1ccc(CO)cc1. The summed E-state index contributed by atoms with van der Waals surface area (Å²) < 4.78 is 5.48. The van der Waals surface area contributed by atoms with Crippen molar-refractivity contribution < 1.29 is 14.6 Å². The Morgan fingerprint density at radius 1 is 1.09 bits per heavy atom. The lowest BCUT2D eigenvalue weighted by Crippen LogP contribution is -2.27. The highest BCUT2D eigenvalue weighted by atomic mass is 35.5. The molecule has 4 nitrogen and oxygen atoms in total. The highest BCUT2D eigenvalue weighted by molar-refractivity contribution is 6.32. The van der Waals surface area contributed by atoms with Crippen LogP contribution in [-0.4, -0.2) is 24.2 Å². The number of hydrogen-bond acceptors (Lipinski definition) is 3. The molecule has 2 N–H and O–H groups in total. The van der Waals surface area contributed by atoms with E-state index in [-0.39, 0.29) is 18.9 Å². The van der Waals surface area contributed by atoms with Crippen molar-refractivity contribution in [3.05, 3.63) is 64.7 Å². The number of aliphatic hydroxyl groups is 1. The molecule has 2 rings (SSSR count). The zero-order valence-electron chi connectivity index (χ0n) is 12.8. The Balaban J connectivity index is 1.64. The predicted octanol–water partition coefficient (Wildman–Crippen LogP) is 2.96. The molecule has 0 heterocycles. The third kappa shape index (κ3) is 5.93. The van der Waals surface area contributed by atoms with Gasteiger partial charge in [-0.15, -0.1) is 0 Å². The molecule has 0 fully saturated rings. The van der Waals surface area contributed by atoms with Crippen LogP contribution in [0.4, 0.5) is 0 Å². The number of benzene rings is 2. The second-order valence-electron chi connectivity index (χ2n) is 5.10. The molecule has 0 bridgehead atoms. The maximum Gasteiger partial charge on any atom is 0.223 e. The van der Waals surface area contributed by atoms with Gasteiger partial charge in [-0.1, -0.05) is 48.0 Å². The van der Waals surface area contributed by atoms with Gasteiger partial charge in [0.1, 0.15) is 5.75 Å². The minimum absolute atomic E-state index is 0.0441. The van der Waals surface area contributed by atoms with E-state index in [1.165, 1.54) is 0 Å². The molecule has 2 aromatic carbocycles. The standard InChI is InChI=1S/C18H20ClNO3/c19-16-3-1-2-4-17(16)23-12-10-18(22)20-11-9-14-5-7-15(13-21)8-6-14/h1-8,21H,9-13H2,(H,20,22). The van der Waals surface area contributed by atoms with Crippen molar-refractivity contribution in [3.63, 3.8) is 0 Å². The number of aliphatic hydroxyl groups excluding tert-OH is 1. The lowest BCUT2D eigenvalue weighted by Gasteiger charge is -2.08. The van der Waals surface area contributed by atoms with Gasteiger partial charge in [0.2, 0.25) is 5.91 Å². The molecule has 0 aliphatic rings. The number of halogens is 1. The van der Waals surface area contributed by atoms with E-state index in [9.17, 15) is 4.79 Å². The number of ether oxygens (including phenoxy) is 1. The van der Waals surface area contributed by atoms with Crippen LogP contribution in [0.2, 0.25) is 5.02 Å². The average molecular weight is 334 g/mol. The number of carbonyl (C=O) groups excluding carboxylic acids is 1. The lowest BCUT2D eigenvalue weighted by atomic mass is 10.1. The smallest absolute Gasteiger partial charge is 0.223 e. The van der Waals surface area contributed by atoms with E-state index in [1.807, 2.05) is 36.4 Å². The fourth-order valence-electron chi connectivity index (χ4n) is 2.06. The Morgan fingerprint density at radius 3 is 2.48 bits per heavy atom. The number of carbonyl (C=O) groups is 1. The molecule has 2 aromatic rings. The van der Waals surface area contributed by atoms with Gasteiger partial charge in [-0.25, -0.2) is 0 Å². The molecular weight excluding hydrogens is 314 g/mol. The summed E-state index contributed by atoms with van der Waals surface area (Å²) in [5.74, 6) is 0.537. The van der Waals surface area contributed by atoms with Crippen LogP contribution >= 0.6 is 11.6 Å². The molecular formula is C18H20ClNO3. The monoisotopic (exact) mass is 333 g/mol. The van der Waals surface area contributed by atoms with E-state index in [4.69, 9.17) is 21.4 Å². The fourth-order valence-corrected chi connectivity index (χ4v) is 2.25. The van der Waals surface area contributed by atoms with Crippen molar-refractivity contribution in [2.45, 2.75) is 19.4 Å². The molecule has 23 heavy (non-hydrogen) atoms. The Morgan fingerprint density at radius 2 is 1.78 bits per heavy atom. The van der Waals surface area contributed by atoms with Crippen LogP contribution in [0.15, 0.2) is 48.5 Å². The third-order valence-electron chi connectivity index (χ3n) is 3.36. The highest BCUT2D eigenvalue weighted by Crippen LogP contribution is 2.22. The molecule has 0 aliphatic carbocycles. The van der Waals surface area contributed by atoms with E-state index in [2.05, 4.69) is 5.32 Å². The van der Waals surface area contributed by atoms with Crippen molar-refractivity contribution in [2.24, 2.45) is 0 Å². The van der Waals surface area contributed by atoms with Gasteiger partial charge < -0.3 is 15.2 Å². The summed E-state index contributed by atoms with van der Waals surface area (Å²) in [6, 6.07) is 14.9. The molecule has 122 valence electrons. The Kier molecular flexibility index (Phi) is 6.91. The molecule has 0 saturated carbocycles. The Bertz CT molecular complexity index is 628. The van der Waals surface area contributed by atoms with E-state index >= 15 is 0 Å². The van der Waals surface area contributed by atoms with Gasteiger partial charge >= 0.3 is 0 Å². The van der Waals surface area contributed by atoms with Gasteiger partial charge in [0, 0.05) is 6.54 Å². The van der Waals surface area contributed by atoms with Crippen molar-refractivity contribution >= 4 is 17.5 Å². The van der Waals surface area contributed by atoms with E-state index in [0.29, 0.717) is 23.9 Å². The first kappa shape index (κ1) is 17.3. The summed E-state index contributed by atoms with van der Waals surface area (Å²) in [6.45, 7) is 0.909. The van der Waals surface area contributed by atoms with Crippen molar-refractivity contribution in [1.29, 1.82) is 0 Å². The minimum Gasteiger partial charge on any atom is -0.491 e. The molecule has 5 heteroatoms. The van der Waals surface area contributed by atoms with E-state index < -0.39 is 0 Å². The van der Waals surface area contributed by atoms with Gasteiger partial charge in [0.25, 0.3) is 0 Å². The number of amides is 1. The Hall–Kier alpha value is -2.04. The molecule has 0 unspecified atom stereocenters. The number of nitrogens with one attached hydrogen (secondary N) is 1. The highest BCUT2D eigenvalue weighted by Gasteiger charge is 2.04. The molecule has 0 spiro atoms. The lowest BCUT2D eigenvalue weighted by molar-refractivity contribution is -0.121. The summed E-state index contributed by atoms with van der Waals surface area (Å²) in [7, 11) is 0. The van der Waals surface area contributed by atoms with Gasteiger partial charge in [0.05, 0.1) is 24.7 Å². The summed E-state index contributed by atoms with van der Waals surface area (Å²) in [6.07, 6.45) is 1.04. The summed E-state index contributed by atoms with van der Waals surface area (Å²) >= 11 is 5.97. The molecule has 0 aliphatic heterocycles. The van der Waals surface area contributed by atoms with Gasteiger partial charge in [-0.3, -0.25) is 4.79 Å². The molecule has 0 saturated heterocycles. The van der Waals surface area contributed by atoms with Crippen molar-refractivity contribution in [1.82, 2.24) is 5.32 Å². The second-order valence-corrected chi connectivity index (χ2v) is 5.51. The van der Waals surface area contributed by atoms with Crippen LogP contribution in [0.3, 0.4) is 0 Å². The topological polar surface area (TPSA) is 58.6 Å². The predicted molar refractivity (Wildman–Crippen MR) is 90.6 cm³/mol. The van der Waals surface area contributed by atoms with Crippen LogP contribution in [0, 0.1) is 0 Å². The zero-order valence-corrected chi connectivity index (χ0v) is 13.6. The number of hydrogen-bond donors (Lipinski definition) is 2. The van der Waals surface area contributed by atoms with E-state index in [1.54, 1.807) is 12.1 Å². The van der Waals surface area contributed by atoms with Crippen molar-refractivity contribution in [2.75, 3.05) is 13.2 Å². The Labute approximate surface area is 141 Å². The van der Waals surface area contributed by atoms with Crippen LogP contribution in [0.25, 0.3) is 0 Å². The first-order valence-electron chi connectivity index (χ1n) is 7.52. The molecule has 0 aromatic heterocycles. The average Bonchev–Trinajstić information content (AvgIpc) is 2.57. The van der Waals surface area contributed by atoms with Crippen LogP contribution in [0.1, 0.15) is 17.5 Å². The van der Waals surface area contributed by atoms with E-state index in [0.717, 1.165) is 17.5 Å². The second kappa shape index (κ2) is 9.18. The third-order valence-corrected chi connectivity index (χ3v) is 3.68. The van der Waals surface area contributed by atoms with Crippen LogP contribution in [0.5, 0.6) is 5.75 Å². The number of para-hydroxylation sites is 1. The number of rotatable bonds is 8. The molecule has 0 radical (unpaired) electrons. The normalized spacial score (nSPS) is 10.3. The fraction of sp³-hybridized carbons (Fsp3) is 0.278. The van der Waals surface area contributed by atoms with Crippen LogP contribution < -0.4 is 10.1 Å². The van der Waals surface area contributed by atoms with Gasteiger partial charge in [-0.2, -0.15) is 0 Å². The summed E-state index contributed by atoms with van der Waals surface area (Å²) in [5, 5.41) is 12.4. The molecule has 1 amide bonds.